The Morgan fingerprint density at radius 3 is 2.92 bits per heavy atom. The molecule has 3 heteroatoms. The van der Waals surface area contributed by atoms with Gasteiger partial charge in [0.2, 0.25) is 0 Å². The lowest BCUT2D eigenvalue weighted by Gasteiger charge is -2.29. The molecule has 1 saturated heterocycles. The summed E-state index contributed by atoms with van der Waals surface area (Å²) in [5, 5.41) is 0. The minimum absolute atomic E-state index is 0.185. The number of likely N-dealkylation sites (N-methyl/N-ethyl adjacent to an activating group) is 1. The van der Waals surface area contributed by atoms with Gasteiger partial charge in [-0.05, 0) is 13.3 Å². The molecular weight excluding hydrogens is 164 g/mol. The summed E-state index contributed by atoms with van der Waals surface area (Å²) in [6.45, 7) is 5.14. The third kappa shape index (κ3) is 1.06. The molecule has 0 radical (unpaired) electrons. The third-order valence-corrected chi connectivity index (χ3v) is 3.17. The molecular formula is C10H16N2O. The smallest absolute Gasteiger partial charge is 0.319 e. The topological polar surface area (TPSA) is 23.6 Å². The van der Waals surface area contributed by atoms with Gasteiger partial charge in [0.05, 0.1) is 12.1 Å². The fraction of sp³-hybridized carbons (Fsp3) is 0.700. The van der Waals surface area contributed by atoms with Crippen LogP contribution in [0.25, 0.3) is 0 Å². The van der Waals surface area contributed by atoms with Gasteiger partial charge in [0.15, 0.2) is 0 Å². The van der Waals surface area contributed by atoms with Gasteiger partial charge < -0.3 is 9.80 Å². The molecule has 13 heavy (non-hydrogen) atoms. The lowest BCUT2D eigenvalue weighted by molar-refractivity contribution is 0.188. The number of urea groups is 1. The van der Waals surface area contributed by atoms with E-state index < -0.39 is 0 Å². The molecule has 0 aromatic heterocycles. The fourth-order valence-electron chi connectivity index (χ4n) is 2.37. The maximum absolute atomic E-state index is 11.7. The summed E-state index contributed by atoms with van der Waals surface area (Å²) < 4.78 is 0. The van der Waals surface area contributed by atoms with Gasteiger partial charge in [-0.25, -0.2) is 4.79 Å². The number of rotatable bonds is 1. The van der Waals surface area contributed by atoms with Crippen LogP contribution in [0, 0.1) is 0 Å². The number of hydrogen-bond donors (Lipinski definition) is 0. The maximum Gasteiger partial charge on any atom is 0.320 e. The maximum atomic E-state index is 11.7. The largest absolute Gasteiger partial charge is 0.320 e. The van der Waals surface area contributed by atoms with Crippen molar-refractivity contribution in [3.05, 3.63) is 11.6 Å². The lowest BCUT2D eigenvalue weighted by atomic mass is 9.99. The number of amides is 2. The second-order valence-corrected chi connectivity index (χ2v) is 3.95. The summed E-state index contributed by atoms with van der Waals surface area (Å²) in [5.74, 6) is 0. The molecule has 2 aliphatic heterocycles. The van der Waals surface area contributed by atoms with Crippen LogP contribution < -0.4 is 0 Å². The molecule has 2 heterocycles. The van der Waals surface area contributed by atoms with Crippen LogP contribution >= 0.6 is 0 Å². The number of carbonyl (C=O) groups excluding carboxylic acids is 1. The number of fused-ring (bicyclic) bond motifs is 2. The van der Waals surface area contributed by atoms with Gasteiger partial charge in [-0.15, -0.1) is 0 Å². The second kappa shape index (κ2) is 2.76. The van der Waals surface area contributed by atoms with Crippen molar-refractivity contribution in [1.29, 1.82) is 0 Å². The van der Waals surface area contributed by atoms with Gasteiger partial charge in [-0.3, -0.25) is 0 Å². The van der Waals surface area contributed by atoms with Gasteiger partial charge in [0, 0.05) is 13.6 Å². The van der Waals surface area contributed by atoms with Gasteiger partial charge in [0.1, 0.15) is 0 Å². The molecule has 2 atom stereocenters. The predicted molar refractivity (Wildman–Crippen MR) is 51.5 cm³/mol. The van der Waals surface area contributed by atoms with Crippen molar-refractivity contribution in [3.8, 4) is 0 Å². The monoisotopic (exact) mass is 180 g/mol. The molecule has 72 valence electrons. The van der Waals surface area contributed by atoms with Crippen LogP contribution in [-0.4, -0.2) is 41.5 Å². The van der Waals surface area contributed by atoms with E-state index in [1.165, 1.54) is 5.57 Å². The van der Waals surface area contributed by atoms with E-state index in [1.54, 1.807) is 0 Å². The van der Waals surface area contributed by atoms with E-state index in [-0.39, 0.29) is 6.03 Å². The zero-order valence-corrected chi connectivity index (χ0v) is 8.45. The van der Waals surface area contributed by atoms with E-state index in [2.05, 4.69) is 19.9 Å². The minimum Gasteiger partial charge on any atom is -0.319 e. The summed E-state index contributed by atoms with van der Waals surface area (Å²) in [6, 6.07) is 0.842. The van der Waals surface area contributed by atoms with Crippen LogP contribution in [0.4, 0.5) is 4.79 Å². The Balaban J connectivity index is 2.33. The Kier molecular flexibility index (Phi) is 1.82. The highest BCUT2D eigenvalue weighted by Gasteiger charge is 2.40. The SMILES string of the molecule is CCC1C(C)=CC2CN1C(=O)N2C. The molecule has 2 amide bonds. The van der Waals surface area contributed by atoms with E-state index in [4.69, 9.17) is 0 Å². The number of hydrogen-bond acceptors (Lipinski definition) is 1. The first kappa shape index (κ1) is 8.60. The molecule has 3 nitrogen and oxygen atoms in total. The summed E-state index contributed by atoms with van der Waals surface area (Å²) in [4.78, 5) is 15.5. The highest BCUT2D eigenvalue weighted by molar-refractivity contribution is 5.79. The Bertz CT molecular complexity index is 272. The van der Waals surface area contributed by atoms with Crippen molar-refractivity contribution in [3.63, 3.8) is 0 Å². The molecule has 0 aromatic rings. The van der Waals surface area contributed by atoms with Crippen LogP contribution in [0.1, 0.15) is 20.3 Å². The van der Waals surface area contributed by atoms with Crippen molar-refractivity contribution in [1.82, 2.24) is 9.80 Å². The number of nitrogens with zero attached hydrogens (tertiary/aromatic N) is 2. The van der Waals surface area contributed by atoms with E-state index in [0.717, 1.165) is 13.0 Å². The van der Waals surface area contributed by atoms with E-state index in [0.29, 0.717) is 12.1 Å². The van der Waals surface area contributed by atoms with Gasteiger partial charge >= 0.3 is 6.03 Å². The quantitative estimate of drug-likeness (QED) is 0.560. The minimum atomic E-state index is 0.185. The first-order chi connectivity index (χ1) is 6.15. The van der Waals surface area contributed by atoms with E-state index >= 15 is 0 Å². The van der Waals surface area contributed by atoms with Crippen molar-refractivity contribution in [2.75, 3.05) is 13.6 Å². The summed E-state index contributed by atoms with van der Waals surface area (Å²) in [7, 11) is 1.88. The Morgan fingerprint density at radius 2 is 2.31 bits per heavy atom. The van der Waals surface area contributed by atoms with Crippen molar-refractivity contribution < 1.29 is 4.79 Å². The second-order valence-electron chi connectivity index (χ2n) is 3.95. The Labute approximate surface area is 79.0 Å². The van der Waals surface area contributed by atoms with Crippen LogP contribution in [0.5, 0.6) is 0 Å². The normalized spacial score (nSPS) is 32.5. The van der Waals surface area contributed by atoms with Crippen LogP contribution in [0.15, 0.2) is 11.6 Å². The fourth-order valence-corrected chi connectivity index (χ4v) is 2.37. The lowest BCUT2D eigenvalue weighted by Crippen LogP contribution is -2.39. The average Bonchev–Trinajstić information content (AvgIpc) is 2.33. The van der Waals surface area contributed by atoms with Crippen molar-refractivity contribution in [2.24, 2.45) is 0 Å². The van der Waals surface area contributed by atoms with Gasteiger partial charge in [-0.1, -0.05) is 18.6 Å². The zero-order valence-electron chi connectivity index (χ0n) is 8.45. The van der Waals surface area contributed by atoms with Crippen molar-refractivity contribution >= 4 is 6.03 Å². The van der Waals surface area contributed by atoms with E-state index in [1.807, 2.05) is 16.8 Å². The number of carbonyl (C=O) groups is 1. The molecule has 0 aliphatic carbocycles. The standard InChI is InChI=1S/C10H16N2O/c1-4-9-7(2)5-8-6-12(9)10(13)11(8)3/h5,8-9H,4,6H2,1-3H3. The van der Waals surface area contributed by atoms with Crippen LogP contribution in [-0.2, 0) is 0 Å². The molecule has 2 rings (SSSR count). The predicted octanol–water partition coefficient (Wildman–Crippen LogP) is 1.46. The summed E-state index contributed by atoms with van der Waals surface area (Å²) in [5.41, 5.74) is 1.34. The Morgan fingerprint density at radius 1 is 1.62 bits per heavy atom. The zero-order chi connectivity index (χ0) is 9.59. The summed E-state index contributed by atoms with van der Waals surface area (Å²) >= 11 is 0. The molecule has 2 aliphatic rings. The first-order valence-corrected chi connectivity index (χ1v) is 4.87. The third-order valence-electron chi connectivity index (χ3n) is 3.17. The first-order valence-electron chi connectivity index (χ1n) is 4.87. The van der Waals surface area contributed by atoms with E-state index in [9.17, 15) is 4.79 Å². The molecule has 0 aromatic carbocycles. The Hall–Kier alpha value is -0.990. The average molecular weight is 180 g/mol. The highest BCUT2D eigenvalue weighted by Crippen LogP contribution is 2.29. The molecule has 1 fully saturated rings. The molecule has 2 bridgehead atoms. The van der Waals surface area contributed by atoms with Crippen LogP contribution in [0.2, 0.25) is 0 Å². The molecule has 2 unspecified atom stereocenters. The molecule has 0 spiro atoms. The van der Waals surface area contributed by atoms with Crippen LogP contribution in [0.3, 0.4) is 0 Å². The van der Waals surface area contributed by atoms with Crippen molar-refractivity contribution in [2.45, 2.75) is 32.4 Å². The molecule has 0 saturated carbocycles. The highest BCUT2D eigenvalue weighted by atomic mass is 16.2. The molecule has 0 N–H and O–H groups in total. The summed E-state index contributed by atoms with van der Waals surface area (Å²) in [6.07, 6.45) is 3.25. The van der Waals surface area contributed by atoms with Gasteiger partial charge in [0.25, 0.3) is 0 Å². The van der Waals surface area contributed by atoms with Gasteiger partial charge in [-0.2, -0.15) is 0 Å².